The molecule has 0 aromatic heterocycles. The van der Waals surface area contributed by atoms with Crippen LogP contribution in [0.15, 0.2) is 0 Å². The Labute approximate surface area is 105 Å². The van der Waals surface area contributed by atoms with E-state index in [0.717, 1.165) is 13.1 Å². The molecule has 2 fully saturated rings. The molecule has 1 heterocycles. The lowest BCUT2D eigenvalue weighted by Gasteiger charge is -2.19. The van der Waals surface area contributed by atoms with Crippen LogP contribution in [0.25, 0.3) is 0 Å². The first-order valence-corrected chi connectivity index (χ1v) is 7.18. The normalized spacial score (nSPS) is 26.1. The van der Waals surface area contributed by atoms with E-state index in [1.54, 1.807) is 0 Å². The van der Waals surface area contributed by atoms with Crippen molar-refractivity contribution in [3.05, 3.63) is 0 Å². The van der Waals surface area contributed by atoms with Gasteiger partial charge in [-0.3, -0.25) is 4.79 Å². The van der Waals surface area contributed by atoms with Crippen molar-refractivity contribution in [1.29, 1.82) is 0 Å². The molecule has 0 aromatic carbocycles. The Hall–Kier alpha value is -0.570. The molecule has 1 aliphatic heterocycles. The summed E-state index contributed by atoms with van der Waals surface area (Å²) in [7, 11) is 0. The van der Waals surface area contributed by atoms with Crippen molar-refractivity contribution < 1.29 is 4.79 Å². The second-order valence-electron chi connectivity index (χ2n) is 5.99. The molecule has 1 amide bonds. The van der Waals surface area contributed by atoms with E-state index in [0.29, 0.717) is 30.3 Å². The molecule has 17 heavy (non-hydrogen) atoms. The van der Waals surface area contributed by atoms with Gasteiger partial charge in [-0.2, -0.15) is 0 Å². The van der Waals surface area contributed by atoms with Crippen molar-refractivity contribution >= 4 is 5.91 Å². The summed E-state index contributed by atoms with van der Waals surface area (Å²) in [5.41, 5.74) is 0. The van der Waals surface area contributed by atoms with Crippen LogP contribution in [0.3, 0.4) is 0 Å². The van der Waals surface area contributed by atoms with Crippen molar-refractivity contribution in [2.75, 3.05) is 19.6 Å². The smallest absolute Gasteiger partial charge is 0.236 e. The number of hydrogen-bond acceptors (Lipinski definition) is 2. The molecule has 0 aromatic rings. The standard InChI is InChI=1S/C14H26N2O/c1-11(2)12-7-8-16(10-12)14(17)9-15-13-5-3-4-6-13/h11-13,15H,3-10H2,1-2H3. The Morgan fingerprint density at radius 3 is 2.59 bits per heavy atom. The molecule has 2 aliphatic rings. The highest BCUT2D eigenvalue weighted by atomic mass is 16.2. The van der Waals surface area contributed by atoms with Crippen LogP contribution in [0.5, 0.6) is 0 Å². The SMILES string of the molecule is CC(C)C1CCN(C(=O)CNC2CCCC2)C1. The van der Waals surface area contributed by atoms with E-state index < -0.39 is 0 Å². The van der Waals surface area contributed by atoms with E-state index in [9.17, 15) is 4.79 Å². The molecule has 1 aliphatic carbocycles. The fourth-order valence-corrected chi connectivity index (χ4v) is 3.03. The number of amides is 1. The summed E-state index contributed by atoms with van der Waals surface area (Å²) in [5, 5.41) is 3.41. The van der Waals surface area contributed by atoms with Crippen LogP contribution < -0.4 is 5.32 Å². The Balaban J connectivity index is 1.69. The zero-order valence-corrected chi connectivity index (χ0v) is 11.2. The van der Waals surface area contributed by atoms with Gasteiger partial charge in [-0.15, -0.1) is 0 Å². The minimum atomic E-state index is 0.306. The maximum absolute atomic E-state index is 12.0. The van der Waals surface area contributed by atoms with E-state index in [-0.39, 0.29) is 0 Å². The molecule has 0 bridgehead atoms. The molecule has 0 spiro atoms. The summed E-state index contributed by atoms with van der Waals surface area (Å²) >= 11 is 0. The van der Waals surface area contributed by atoms with Gasteiger partial charge in [0, 0.05) is 19.1 Å². The average Bonchev–Trinajstić information content (AvgIpc) is 2.96. The van der Waals surface area contributed by atoms with Gasteiger partial charge in [-0.25, -0.2) is 0 Å². The predicted molar refractivity (Wildman–Crippen MR) is 69.8 cm³/mol. The minimum absolute atomic E-state index is 0.306. The van der Waals surface area contributed by atoms with Gasteiger partial charge in [0.25, 0.3) is 0 Å². The van der Waals surface area contributed by atoms with Crippen LogP contribution in [-0.2, 0) is 4.79 Å². The topological polar surface area (TPSA) is 32.3 Å². The average molecular weight is 238 g/mol. The Morgan fingerprint density at radius 2 is 2.00 bits per heavy atom. The van der Waals surface area contributed by atoms with Crippen molar-refractivity contribution in [2.45, 2.75) is 52.0 Å². The fraction of sp³-hybridized carbons (Fsp3) is 0.929. The monoisotopic (exact) mass is 238 g/mol. The van der Waals surface area contributed by atoms with Gasteiger partial charge in [0.15, 0.2) is 0 Å². The van der Waals surface area contributed by atoms with Gasteiger partial charge in [-0.1, -0.05) is 26.7 Å². The number of nitrogens with one attached hydrogen (secondary N) is 1. The summed E-state index contributed by atoms with van der Waals surface area (Å²) in [6.45, 7) is 7.01. The molecule has 98 valence electrons. The van der Waals surface area contributed by atoms with E-state index in [1.807, 2.05) is 4.90 Å². The first-order valence-electron chi connectivity index (χ1n) is 7.18. The minimum Gasteiger partial charge on any atom is -0.341 e. The summed E-state index contributed by atoms with van der Waals surface area (Å²) in [6, 6.07) is 0.599. The molecular formula is C14H26N2O. The van der Waals surface area contributed by atoms with Gasteiger partial charge < -0.3 is 10.2 Å². The molecule has 1 saturated carbocycles. The number of hydrogen-bond donors (Lipinski definition) is 1. The van der Waals surface area contributed by atoms with E-state index in [4.69, 9.17) is 0 Å². The van der Waals surface area contributed by atoms with Crippen molar-refractivity contribution in [3.8, 4) is 0 Å². The number of carbonyl (C=O) groups excluding carboxylic acids is 1. The van der Waals surface area contributed by atoms with Crippen molar-refractivity contribution in [1.82, 2.24) is 10.2 Å². The molecular weight excluding hydrogens is 212 g/mol. The lowest BCUT2D eigenvalue weighted by atomic mass is 9.95. The second-order valence-corrected chi connectivity index (χ2v) is 5.99. The van der Waals surface area contributed by atoms with Crippen LogP contribution in [0.4, 0.5) is 0 Å². The first kappa shape index (κ1) is 12.9. The Bertz CT molecular complexity index is 259. The second kappa shape index (κ2) is 5.85. The quantitative estimate of drug-likeness (QED) is 0.812. The van der Waals surface area contributed by atoms with E-state index in [2.05, 4.69) is 19.2 Å². The van der Waals surface area contributed by atoms with Crippen LogP contribution in [0.2, 0.25) is 0 Å². The molecule has 1 atom stereocenters. The molecule has 1 N–H and O–H groups in total. The molecule has 0 radical (unpaired) electrons. The van der Waals surface area contributed by atoms with Gasteiger partial charge in [0.05, 0.1) is 6.54 Å². The molecule has 1 saturated heterocycles. The van der Waals surface area contributed by atoms with Gasteiger partial charge in [0.2, 0.25) is 5.91 Å². The van der Waals surface area contributed by atoms with Crippen LogP contribution in [-0.4, -0.2) is 36.5 Å². The van der Waals surface area contributed by atoms with Gasteiger partial charge >= 0.3 is 0 Å². The maximum Gasteiger partial charge on any atom is 0.236 e. The van der Waals surface area contributed by atoms with Crippen molar-refractivity contribution in [3.63, 3.8) is 0 Å². The van der Waals surface area contributed by atoms with Gasteiger partial charge in [-0.05, 0) is 31.1 Å². The lowest BCUT2D eigenvalue weighted by molar-refractivity contribution is -0.129. The van der Waals surface area contributed by atoms with Crippen LogP contribution >= 0.6 is 0 Å². The highest BCUT2D eigenvalue weighted by molar-refractivity contribution is 5.78. The molecule has 3 nitrogen and oxygen atoms in total. The molecule has 3 heteroatoms. The maximum atomic E-state index is 12.0. The summed E-state index contributed by atoms with van der Waals surface area (Å²) in [4.78, 5) is 14.1. The Morgan fingerprint density at radius 1 is 1.29 bits per heavy atom. The summed E-state index contributed by atoms with van der Waals surface area (Å²) < 4.78 is 0. The van der Waals surface area contributed by atoms with Gasteiger partial charge in [0.1, 0.15) is 0 Å². The summed E-state index contributed by atoms with van der Waals surface area (Å²) in [5.74, 6) is 1.72. The van der Waals surface area contributed by atoms with E-state index in [1.165, 1.54) is 32.1 Å². The van der Waals surface area contributed by atoms with E-state index >= 15 is 0 Å². The number of rotatable bonds is 4. The van der Waals surface area contributed by atoms with Crippen LogP contribution in [0, 0.1) is 11.8 Å². The number of nitrogens with zero attached hydrogens (tertiary/aromatic N) is 1. The number of carbonyl (C=O) groups is 1. The van der Waals surface area contributed by atoms with Crippen LogP contribution in [0.1, 0.15) is 46.0 Å². The fourth-order valence-electron chi connectivity index (χ4n) is 3.03. The zero-order chi connectivity index (χ0) is 12.3. The largest absolute Gasteiger partial charge is 0.341 e. The zero-order valence-electron chi connectivity index (χ0n) is 11.2. The lowest BCUT2D eigenvalue weighted by Crippen LogP contribution is -2.40. The molecule has 1 unspecified atom stereocenters. The predicted octanol–water partition coefficient (Wildman–Crippen LogP) is 2.02. The summed E-state index contributed by atoms with van der Waals surface area (Å²) in [6.07, 6.45) is 6.34. The Kier molecular flexibility index (Phi) is 4.43. The third-order valence-corrected chi connectivity index (χ3v) is 4.42. The molecule has 2 rings (SSSR count). The third-order valence-electron chi connectivity index (χ3n) is 4.42. The van der Waals surface area contributed by atoms with Crippen molar-refractivity contribution in [2.24, 2.45) is 11.8 Å². The third kappa shape index (κ3) is 3.44. The first-order chi connectivity index (χ1) is 8.16. The number of likely N-dealkylation sites (tertiary alicyclic amines) is 1. The highest BCUT2D eigenvalue weighted by Gasteiger charge is 2.28. The highest BCUT2D eigenvalue weighted by Crippen LogP contribution is 2.23.